The highest BCUT2D eigenvalue weighted by Gasteiger charge is 2.55. The fraction of sp³-hybridized carbons (Fsp3) is 0.0833. The molecule has 10 nitrogen and oxygen atoms in total. The zero-order chi connectivity index (χ0) is 17.7. The molecule has 0 aromatic carbocycles. The monoisotopic (exact) mass is 340 g/mol. The topological polar surface area (TPSA) is 200 Å². The van der Waals surface area contributed by atoms with E-state index in [0.29, 0.717) is 0 Å². The number of aromatic carboxylic acids is 1. The Morgan fingerprint density at radius 2 is 1.61 bits per heavy atom. The molecule has 0 spiro atoms. The van der Waals surface area contributed by atoms with Crippen LogP contribution in [0.2, 0.25) is 0 Å². The second-order valence-corrected chi connectivity index (χ2v) is 7.42. The van der Waals surface area contributed by atoms with Crippen molar-refractivity contribution in [2.24, 2.45) is 17.2 Å². The molecule has 122 valence electrons. The van der Waals surface area contributed by atoms with Crippen LogP contribution in [0.1, 0.15) is 21.6 Å². The molecule has 2 heterocycles. The van der Waals surface area contributed by atoms with Crippen molar-refractivity contribution in [1.82, 2.24) is 4.98 Å². The molecule has 1 aromatic rings. The maximum Gasteiger partial charge on any atom is 0.344 e. The number of aromatic nitrogens is 1. The van der Waals surface area contributed by atoms with Gasteiger partial charge in [0.2, 0.25) is 0 Å². The summed E-state index contributed by atoms with van der Waals surface area (Å²) in [7, 11) is -3.76. The van der Waals surface area contributed by atoms with E-state index in [0.717, 1.165) is 6.07 Å². The maximum atomic E-state index is 12.0. The normalized spacial score (nSPS) is 16.6. The Balaban J connectivity index is 3.10. The van der Waals surface area contributed by atoms with Crippen molar-refractivity contribution in [3.05, 3.63) is 27.8 Å². The van der Waals surface area contributed by atoms with Gasteiger partial charge in [0.1, 0.15) is 9.93 Å². The Kier molecular flexibility index (Phi) is 3.53. The fourth-order valence-electron chi connectivity index (χ4n) is 2.41. The van der Waals surface area contributed by atoms with Crippen LogP contribution in [0.3, 0.4) is 0 Å². The molecule has 1 aliphatic heterocycles. The molecule has 0 unspecified atom stereocenters. The average Bonchev–Trinajstić information content (AvgIpc) is 2.67. The van der Waals surface area contributed by atoms with Gasteiger partial charge in [0.05, 0.1) is 11.3 Å². The molecular formula is C12H12N4O6S. The first-order valence-electron chi connectivity index (χ1n) is 5.97. The van der Waals surface area contributed by atoms with E-state index in [1.807, 2.05) is 0 Å². The largest absolute Gasteiger partial charge is 0.478 e. The smallest absolute Gasteiger partial charge is 0.344 e. The van der Waals surface area contributed by atoms with Crippen LogP contribution >= 0.6 is 10.0 Å². The minimum atomic E-state index is -3.76. The Labute approximate surface area is 130 Å². The number of carboxylic acids is 2. The summed E-state index contributed by atoms with van der Waals surface area (Å²) < 4.78 is 0. The van der Waals surface area contributed by atoms with Gasteiger partial charge < -0.3 is 27.4 Å². The van der Waals surface area contributed by atoms with E-state index in [-0.39, 0.29) is 16.8 Å². The summed E-state index contributed by atoms with van der Waals surface area (Å²) in [6.07, 6.45) is 0. The van der Waals surface area contributed by atoms with Crippen LogP contribution in [0.5, 0.6) is 0 Å². The van der Waals surface area contributed by atoms with Crippen LogP contribution < -0.4 is 17.2 Å². The lowest BCUT2D eigenvalue weighted by Gasteiger charge is -2.29. The van der Waals surface area contributed by atoms with Crippen molar-refractivity contribution in [1.29, 1.82) is 0 Å². The Hall–Kier alpha value is -3.08. The number of aliphatic carboxylic acids is 1. The highest BCUT2D eigenvalue weighted by molar-refractivity contribution is 8.58. The van der Waals surface area contributed by atoms with Gasteiger partial charge in [-0.15, -0.1) is 0 Å². The third-order valence-electron chi connectivity index (χ3n) is 3.25. The number of carbonyl (C=O) groups is 4. The number of amides is 2. The summed E-state index contributed by atoms with van der Waals surface area (Å²) in [6.45, 7) is 1.41. The van der Waals surface area contributed by atoms with Gasteiger partial charge in [-0.3, -0.25) is 9.59 Å². The number of hydrogen-bond acceptors (Lipinski definition) is 6. The molecule has 2 rings (SSSR count). The molecule has 0 atom stereocenters. The SMILES string of the molecule is Cc1cc(C(=O)O)c2c(n1)S(C(N)=O)(C(N)=O)C(C(=O)O)=C2N. The minimum absolute atomic E-state index is 0.139. The summed E-state index contributed by atoms with van der Waals surface area (Å²) in [5.41, 5.74) is 15.2. The van der Waals surface area contributed by atoms with Gasteiger partial charge in [0.25, 0.3) is 10.5 Å². The van der Waals surface area contributed by atoms with Crippen LogP contribution in [-0.2, 0) is 4.79 Å². The molecule has 8 N–H and O–H groups in total. The number of nitrogens with two attached hydrogens (primary N) is 3. The first-order chi connectivity index (χ1) is 10.6. The van der Waals surface area contributed by atoms with Gasteiger partial charge in [-0.2, -0.15) is 0 Å². The lowest BCUT2D eigenvalue weighted by atomic mass is 10.1. The summed E-state index contributed by atoms with van der Waals surface area (Å²) in [5, 5.41) is 15.6. The lowest BCUT2D eigenvalue weighted by Crippen LogP contribution is -2.33. The molecule has 0 aliphatic carbocycles. The quantitative estimate of drug-likeness (QED) is 0.500. The van der Waals surface area contributed by atoms with Crippen LogP contribution in [0.4, 0.5) is 9.59 Å². The molecule has 0 radical (unpaired) electrons. The van der Waals surface area contributed by atoms with Crippen molar-refractivity contribution >= 4 is 38.1 Å². The highest BCUT2D eigenvalue weighted by atomic mass is 32.3. The van der Waals surface area contributed by atoms with Gasteiger partial charge >= 0.3 is 11.9 Å². The number of fused-ring (bicyclic) bond motifs is 1. The van der Waals surface area contributed by atoms with Crippen LogP contribution in [0, 0.1) is 6.92 Å². The van der Waals surface area contributed by atoms with E-state index in [4.69, 9.17) is 17.2 Å². The molecule has 1 aromatic heterocycles. The number of hydrogen-bond donors (Lipinski definition) is 5. The molecule has 2 amide bonds. The summed E-state index contributed by atoms with van der Waals surface area (Å²) >= 11 is 0. The Morgan fingerprint density at radius 3 is 2.00 bits per heavy atom. The van der Waals surface area contributed by atoms with Crippen molar-refractivity contribution in [2.75, 3.05) is 0 Å². The summed E-state index contributed by atoms with van der Waals surface area (Å²) in [6, 6.07) is 1.14. The Morgan fingerprint density at radius 1 is 1.09 bits per heavy atom. The zero-order valence-corrected chi connectivity index (χ0v) is 12.5. The third kappa shape index (κ3) is 1.93. The van der Waals surface area contributed by atoms with Crippen LogP contribution in [0.15, 0.2) is 16.0 Å². The predicted molar refractivity (Wildman–Crippen MR) is 79.7 cm³/mol. The number of primary amides is 2. The number of nitrogens with zero attached hydrogens (tertiary/aromatic N) is 1. The third-order valence-corrected chi connectivity index (χ3v) is 6.34. The second kappa shape index (κ2) is 4.98. The minimum Gasteiger partial charge on any atom is -0.478 e. The zero-order valence-electron chi connectivity index (χ0n) is 11.7. The molecule has 0 bridgehead atoms. The van der Waals surface area contributed by atoms with E-state index in [9.17, 15) is 29.4 Å². The van der Waals surface area contributed by atoms with Gasteiger partial charge in [0.15, 0.2) is 0 Å². The number of aryl methyl sites for hydroxylation is 1. The first-order valence-corrected chi connectivity index (χ1v) is 7.60. The van der Waals surface area contributed by atoms with E-state index in [1.165, 1.54) is 6.92 Å². The van der Waals surface area contributed by atoms with E-state index >= 15 is 0 Å². The van der Waals surface area contributed by atoms with Gasteiger partial charge in [-0.1, -0.05) is 0 Å². The van der Waals surface area contributed by atoms with Gasteiger partial charge in [-0.25, -0.2) is 14.6 Å². The van der Waals surface area contributed by atoms with Crippen molar-refractivity contribution in [3.8, 4) is 0 Å². The van der Waals surface area contributed by atoms with E-state index < -0.39 is 48.1 Å². The molecule has 1 aliphatic rings. The van der Waals surface area contributed by atoms with Crippen LogP contribution in [0.25, 0.3) is 5.70 Å². The molecular weight excluding hydrogens is 328 g/mol. The van der Waals surface area contributed by atoms with E-state index in [2.05, 4.69) is 4.98 Å². The van der Waals surface area contributed by atoms with Crippen LogP contribution in [-0.4, -0.2) is 37.6 Å². The van der Waals surface area contributed by atoms with Gasteiger partial charge in [0, 0.05) is 11.3 Å². The maximum absolute atomic E-state index is 12.0. The fourth-order valence-corrected chi connectivity index (χ4v) is 5.08. The standard InChI is InChI=1S/C12H12N4O6S/c1-3-2-4(9(17)18)5-6(13)7(10(19)20)23(11(14)21,12(15)22)8(5)16-3/h2H,13H2,1H3,(H2,14,21)(H2,15,22)(H,17,18)(H,19,20). The van der Waals surface area contributed by atoms with Crippen molar-refractivity contribution < 1.29 is 29.4 Å². The van der Waals surface area contributed by atoms with E-state index in [1.54, 1.807) is 0 Å². The molecule has 0 fully saturated rings. The lowest BCUT2D eigenvalue weighted by molar-refractivity contribution is -0.131. The predicted octanol–water partition coefficient (Wildman–Crippen LogP) is 0.135. The number of pyridine rings is 1. The summed E-state index contributed by atoms with van der Waals surface area (Å²) in [4.78, 5) is 50.1. The highest BCUT2D eigenvalue weighted by Crippen LogP contribution is 2.68. The molecule has 0 saturated carbocycles. The number of rotatable bonds is 2. The molecule has 23 heavy (non-hydrogen) atoms. The average molecular weight is 340 g/mol. The number of carboxylic acid groups (broad SMARTS) is 2. The van der Waals surface area contributed by atoms with Crippen molar-refractivity contribution in [2.45, 2.75) is 11.9 Å². The van der Waals surface area contributed by atoms with Crippen molar-refractivity contribution in [3.63, 3.8) is 0 Å². The second-order valence-electron chi connectivity index (χ2n) is 4.59. The molecule has 11 heteroatoms. The summed E-state index contributed by atoms with van der Waals surface area (Å²) in [5.74, 6) is -3.12. The molecule has 0 saturated heterocycles. The van der Waals surface area contributed by atoms with Gasteiger partial charge in [-0.05, 0) is 23.0 Å². The number of carbonyl (C=O) groups excluding carboxylic acids is 2. The Bertz CT molecular complexity index is 817. The first kappa shape index (κ1) is 16.3.